The minimum Gasteiger partial charge on any atom is -0.476 e. The van der Waals surface area contributed by atoms with E-state index < -0.39 is 0 Å². The Morgan fingerprint density at radius 1 is 1.56 bits per heavy atom. The molecule has 1 unspecified atom stereocenters. The van der Waals surface area contributed by atoms with Crippen LogP contribution in [0.25, 0.3) is 0 Å². The van der Waals surface area contributed by atoms with Crippen LogP contribution in [0.4, 0.5) is 11.5 Å². The highest BCUT2D eigenvalue weighted by molar-refractivity contribution is 7.99. The van der Waals surface area contributed by atoms with Crippen molar-refractivity contribution in [3.63, 3.8) is 0 Å². The van der Waals surface area contributed by atoms with E-state index in [-0.39, 0.29) is 0 Å². The Kier molecular flexibility index (Phi) is 4.99. The average Bonchev–Trinajstić information content (AvgIpc) is 2.40. The van der Waals surface area contributed by atoms with Crippen LogP contribution in [0.2, 0.25) is 0 Å². The number of hydrogen-bond donors (Lipinski definition) is 2. The van der Waals surface area contributed by atoms with E-state index in [1.165, 1.54) is 18.6 Å². The van der Waals surface area contributed by atoms with Crippen LogP contribution >= 0.6 is 11.8 Å². The van der Waals surface area contributed by atoms with Gasteiger partial charge in [-0.2, -0.15) is 16.7 Å². The maximum Gasteiger partial charge on any atom is 0.239 e. The van der Waals surface area contributed by atoms with Crippen LogP contribution in [-0.4, -0.2) is 29.1 Å². The molecule has 2 heterocycles. The van der Waals surface area contributed by atoms with Crippen molar-refractivity contribution >= 4 is 23.3 Å². The van der Waals surface area contributed by atoms with Crippen LogP contribution in [0.3, 0.4) is 0 Å². The average molecular weight is 267 g/mol. The molecule has 5 heteroatoms. The summed E-state index contributed by atoms with van der Waals surface area (Å²) < 4.78 is 5.53. The largest absolute Gasteiger partial charge is 0.476 e. The molecule has 0 aromatic carbocycles. The second-order valence-electron chi connectivity index (χ2n) is 4.50. The lowest BCUT2D eigenvalue weighted by atomic mass is 10.2. The number of rotatable bonds is 5. The van der Waals surface area contributed by atoms with Gasteiger partial charge in [-0.05, 0) is 37.1 Å². The van der Waals surface area contributed by atoms with Gasteiger partial charge in [-0.1, -0.05) is 6.92 Å². The molecular formula is C13H21N3OS. The number of hydrogen-bond acceptors (Lipinski definition) is 5. The lowest BCUT2D eigenvalue weighted by Crippen LogP contribution is -2.26. The van der Waals surface area contributed by atoms with Crippen LogP contribution in [0.15, 0.2) is 12.1 Å². The van der Waals surface area contributed by atoms with Gasteiger partial charge in [-0.25, -0.2) is 0 Å². The summed E-state index contributed by atoms with van der Waals surface area (Å²) in [5.41, 5.74) is 6.45. The van der Waals surface area contributed by atoms with Gasteiger partial charge in [0.2, 0.25) is 5.88 Å². The fourth-order valence-corrected chi connectivity index (χ4v) is 2.98. The summed E-state index contributed by atoms with van der Waals surface area (Å²) in [6, 6.07) is 4.29. The van der Waals surface area contributed by atoms with Gasteiger partial charge >= 0.3 is 0 Å². The molecule has 0 amide bonds. The van der Waals surface area contributed by atoms with Gasteiger partial charge in [0.15, 0.2) is 0 Å². The zero-order valence-electron chi connectivity index (χ0n) is 10.8. The third-order valence-electron chi connectivity index (χ3n) is 2.84. The normalized spacial score (nSPS) is 19.5. The number of nitrogens with two attached hydrogens (primary N) is 1. The number of nitrogens with zero attached hydrogens (tertiary/aromatic N) is 1. The summed E-state index contributed by atoms with van der Waals surface area (Å²) in [5, 5.41) is 3.46. The fraction of sp³-hybridized carbons (Fsp3) is 0.615. The highest BCUT2D eigenvalue weighted by Crippen LogP contribution is 2.24. The molecule has 3 N–H and O–H groups in total. The van der Waals surface area contributed by atoms with E-state index in [0.717, 1.165) is 18.0 Å². The smallest absolute Gasteiger partial charge is 0.239 e. The van der Waals surface area contributed by atoms with Crippen molar-refractivity contribution in [1.29, 1.82) is 0 Å². The predicted molar refractivity (Wildman–Crippen MR) is 78.4 cm³/mol. The molecule has 0 saturated carbocycles. The van der Waals surface area contributed by atoms with Crippen molar-refractivity contribution < 1.29 is 4.74 Å². The van der Waals surface area contributed by atoms with Gasteiger partial charge in [-0.15, -0.1) is 0 Å². The third-order valence-corrected chi connectivity index (χ3v) is 4.06. The van der Waals surface area contributed by atoms with E-state index in [4.69, 9.17) is 10.5 Å². The molecule has 0 spiro atoms. The Morgan fingerprint density at radius 2 is 2.44 bits per heavy atom. The maximum atomic E-state index is 5.84. The van der Waals surface area contributed by atoms with E-state index in [2.05, 4.69) is 17.2 Å². The van der Waals surface area contributed by atoms with Gasteiger partial charge in [0.05, 0.1) is 12.3 Å². The van der Waals surface area contributed by atoms with Crippen LogP contribution < -0.4 is 15.8 Å². The molecule has 1 aliphatic rings. The topological polar surface area (TPSA) is 60.2 Å². The molecule has 100 valence electrons. The molecular weight excluding hydrogens is 246 g/mol. The van der Waals surface area contributed by atoms with E-state index in [9.17, 15) is 0 Å². The predicted octanol–water partition coefficient (Wildman–Crippen LogP) is 2.76. The van der Waals surface area contributed by atoms with Crippen molar-refractivity contribution in [3.8, 4) is 5.88 Å². The monoisotopic (exact) mass is 267 g/mol. The third kappa shape index (κ3) is 3.70. The van der Waals surface area contributed by atoms with E-state index >= 15 is 0 Å². The van der Waals surface area contributed by atoms with Crippen molar-refractivity contribution in [1.82, 2.24) is 4.98 Å². The number of thioether (sulfide) groups is 1. The standard InChI is InChI=1S/C13H21N3OS/c1-2-7-17-13-11(14)5-6-12(16-13)15-10-4-3-8-18-9-10/h5-6,10H,2-4,7-9,14H2,1H3,(H,15,16). The summed E-state index contributed by atoms with van der Waals surface area (Å²) >= 11 is 2.00. The Hall–Kier alpha value is -1.10. The van der Waals surface area contributed by atoms with Crippen molar-refractivity contribution in [3.05, 3.63) is 12.1 Å². The summed E-state index contributed by atoms with van der Waals surface area (Å²) in [4.78, 5) is 4.44. The molecule has 0 aliphatic carbocycles. The zero-order chi connectivity index (χ0) is 12.8. The van der Waals surface area contributed by atoms with Gasteiger partial charge in [0.1, 0.15) is 5.82 Å². The first-order valence-electron chi connectivity index (χ1n) is 6.53. The molecule has 18 heavy (non-hydrogen) atoms. The maximum absolute atomic E-state index is 5.84. The quantitative estimate of drug-likeness (QED) is 0.859. The van der Waals surface area contributed by atoms with E-state index in [0.29, 0.717) is 24.2 Å². The lowest BCUT2D eigenvalue weighted by Gasteiger charge is -2.23. The summed E-state index contributed by atoms with van der Waals surface area (Å²) in [6.45, 7) is 2.72. The highest BCUT2D eigenvalue weighted by Gasteiger charge is 2.14. The minimum atomic E-state index is 0.513. The first-order chi connectivity index (χ1) is 8.79. The Bertz CT molecular complexity index is 380. The van der Waals surface area contributed by atoms with Gasteiger partial charge in [-0.3, -0.25) is 0 Å². The highest BCUT2D eigenvalue weighted by atomic mass is 32.2. The number of aromatic nitrogens is 1. The number of anilines is 2. The SMILES string of the molecule is CCCOc1nc(NC2CCCSC2)ccc1N. The number of ether oxygens (including phenoxy) is 1. The molecule has 0 radical (unpaired) electrons. The first kappa shape index (κ1) is 13.3. The number of nitrogen functional groups attached to an aromatic ring is 1. The molecule has 1 aromatic rings. The molecule has 1 fully saturated rings. The van der Waals surface area contributed by atoms with Crippen LogP contribution in [-0.2, 0) is 0 Å². The molecule has 1 atom stereocenters. The van der Waals surface area contributed by atoms with E-state index in [1.54, 1.807) is 0 Å². The Balaban J connectivity index is 1.99. The fourth-order valence-electron chi connectivity index (χ4n) is 1.91. The zero-order valence-corrected chi connectivity index (χ0v) is 11.6. The van der Waals surface area contributed by atoms with Crippen molar-refractivity contribution in [2.75, 3.05) is 29.2 Å². The van der Waals surface area contributed by atoms with Crippen LogP contribution in [0.1, 0.15) is 26.2 Å². The summed E-state index contributed by atoms with van der Waals surface area (Å²) in [5.74, 6) is 3.84. The van der Waals surface area contributed by atoms with Crippen LogP contribution in [0, 0.1) is 0 Å². The second kappa shape index (κ2) is 6.73. The van der Waals surface area contributed by atoms with E-state index in [1.807, 2.05) is 23.9 Å². The van der Waals surface area contributed by atoms with Crippen molar-refractivity contribution in [2.24, 2.45) is 0 Å². The van der Waals surface area contributed by atoms with Gasteiger partial charge < -0.3 is 15.8 Å². The number of pyridine rings is 1. The molecule has 0 bridgehead atoms. The molecule has 1 aliphatic heterocycles. The molecule has 1 aromatic heterocycles. The lowest BCUT2D eigenvalue weighted by molar-refractivity contribution is 0.307. The molecule has 1 saturated heterocycles. The summed E-state index contributed by atoms with van der Waals surface area (Å²) in [6.07, 6.45) is 3.44. The Labute approximate surface area is 113 Å². The van der Waals surface area contributed by atoms with Gasteiger partial charge in [0.25, 0.3) is 0 Å². The van der Waals surface area contributed by atoms with Gasteiger partial charge in [0, 0.05) is 11.8 Å². The molecule has 2 rings (SSSR count). The first-order valence-corrected chi connectivity index (χ1v) is 7.68. The van der Waals surface area contributed by atoms with Crippen LogP contribution in [0.5, 0.6) is 5.88 Å². The molecule has 4 nitrogen and oxygen atoms in total. The minimum absolute atomic E-state index is 0.513. The van der Waals surface area contributed by atoms with Crippen molar-refractivity contribution in [2.45, 2.75) is 32.2 Å². The summed E-state index contributed by atoms with van der Waals surface area (Å²) in [7, 11) is 0. The second-order valence-corrected chi connectivity index (χ2v) is 5.65. The Morgan fingerprint density at radius 3 is 3.17 bits per heavy atom. The number of nitrogens with one attached hydrogen (secondary N) is 1.